The molecule has 2 aromatic rings. The van der Waals surface area contributed by atoms with E-state index in [0.717, 1.165) is 11.4 Å². The summed E-state index contributed by atoms with van der Waals surface area (Å²) in [5, 5.41) is 11.6. The molecule has 2 rings (SSSR count). The third kappa shape index (κ3) is 2.36. The van der Waals surface area contributed by atoms with Crippen molar-refractivity contribution in [1.29, 1.82) is 5.26 Å². The molecule has 102 valence electrons. The third-order valence-electron chi connectivity index (χ3n) is 3.16. The Morgan fingerprint density at radius 2 is 2.00 bits per heavy atom. The van der Waals surface area contributed by atoms with E-state index in [4.69, 9.17) is 5.26 Å². The Morgan fingerprint density at radius 1 is 1.35 bits per heavy atom. The van der Waals surface area contributed by atoms with Crippen molar-refractivity contribution < 1.29 is 0 Å². The molecule has 0 saturated carbocycles. The number of para-hydroxylation sites is 1. The average Bonchev–Trinajstić information content (AvgIpc) is 2.64. The van der Waals surface area contributed by atoms with Gasteiger partial charge in [-0.05, 0) is 26.0 Å². The summed E-state index contributed by atoms with van der Waals surface area (Å²) in [6.07, 6.45) is 1.37. The number of hydrogen-bond acceptors (Lipinski definition) is 3. The molecule has 0 unspecified atom stereocenters. The van der Waals surface area contributed by atoms with E-state index in [1.165, 1.54) is 6.08 Å². The van der Waals surface area contributed by atoms with Gasteiger partial charge in [-0.25, -0.2) is 4.68 Å². The fourth-order valence-corrected chi connectivity index (χ4v) is 2.04. The topological polar surface area (TPSA) is 62.8 Å². The van der Waals surface area contributed by atoms with Gasteiger partial charge >= 0.3 is 0 Å². The normalized spacial score (nSPS) is 11.2. The molecular formula is C15H16N4O. The van der Waals surface area contributed by atoms with E-state index in [1.807, 2.05) is 50.4 Å². The number of aromatic nitrogens is 2. The van der Waals surface area contributed by atoms with E-state index >= 15 is 0 Å². The predicted molar refractivity (Wildman–Crippen MR) is 78.7 cm³/mol. The summed E-state index contributed by atoms with van der Waals surface area (Å²) in [7, 11) is 1.83. The molecule has 5 nitrogen and oxygen atoms in total. The molecule has 1 aromatic heterocycles. The summed E-state index contributed by atoms with van der Waals surface area (Å²) in [5.74, 6) is 0. The maximum absolute atomic E-state index is 12.5. The van der Waals surface area contributed by atoms with Crippen LogP contribution in [0.4, 0.5) is 5.69 Å². The Morgan fingerprint density at radius 3 is 2.60 bits per heavy atom. The standard InChI is InChI=1S/C15H16N4O/c1-11(9-10-16)17-14-12(2)18(3)19(15(14)20)13-7-5-4-6-8-13/h4-9,17H,1-3H3. The highest BCUT2D eigenvalue weighted by Gasteiger charge is 2.15. The van der Waals surface area contributed by atoms with E-state index < -0.39 is 0 Å². The van der Waals surface area contributed by atoms with Crippen molar-refractivity contribution in [2.24, 2.45) is 7.05 Å². The minimum Gasteiger partial charge on any atom is -0.353 e. The maximum Gasteiger partial charge on any atom is 0.295 e. The summed E-state index contributed by atoms with van der Waals surface area (Å²) in [5.41, 5.74) is 2.60. The van der Waals surface area contributed by atoms with Crippen molar-refractivity contribution in [3.8, 4) is 11.8 Å². The second-order valence-electron chi connectivity index (χ2n) is 4.52. The van der Waals surface area contributed by atoms with E-state index in [0.29, 0.717) is 11.4 Å². The van der Waals surface area contributed by atoms with Crippen LogP contribution >= 0.6 is 0 Å². The summed E-state index contributed by atoms with van der Waals surface area (Å²) in [6.45, 7) is 3.62. The molecular weight excluding hydrogens is 252 g/mol. The Balaban J connectivity index is 2.56. The fourth-order valence-electron chi connectivity index (χ4n) is 2.04. The van der Waals surface area contributed by atoms with Crippen molar-refractivity contribution in [1.82, 2.24) is 9.36 Å². The van der Waals surface area contributed by atoms with Crippen LogP contribution in [0, 0.1) is 18.3 Å². The Hall–Kier alpha value is -2.74. The quantitative estimate of drug-likeness (QED) is 0.869. The van der Waals surface area contributed by atoms with Crippen molar-refractivity contribution >= 4 is 5.69 Å². The predicted octanol–water partition coefficient (Wildman–Crippen LogP) is 2.32. The Labute approximate surface area is 117 Å². The minimum absolute atomic E-state index is 0.137. The molecule has 0 bridgehead atoms. The summed E-state index contributed by atoms with van der Waals surface area (Å²) in [6, 6.07) is 11.4. The first-order valence-corrected chi connectivity index (χ1v) is 6.23. The number of anilines is 1. The number of benzene rings is 1. The van der Waals surface area contributed by atoms with E-state index in [2.05, 4.69) is 5.32 Å². The molecule has 0 fully saturated rings. The van der Waals surface area contributed by atoms with Crippen molar-refractivity contribution in [3.05, 3.63) is 58.2 Å². The molecule has 0 atom stereocenters. The van der Waals surface area contributed by atoms with E-state index in [-0.39, 0.29) is 5.56 Å². The minimum atomic E-state index is -0.137. The van der Waals surface area contributed by atoms with Crippen LogP contribution < -0.4 is 10.9 Å². The Bertz CT molecular complexity index is 745. The van der Waals surface area contributed by atoms with Crippen molar-refractivity contribution in [2.45, 2.75) is 13.8 Å². The maximum atomic E-state index is 12.5. The lowest BCUT2D eigenvalue weighted by molar-refractivity contribution is 0.630. The number of nitriles is 1. The second kappa shape index (κ2) is 5.49. The number of rotatable bonds is 3. The van der Waals surface area contributed by atoms with Gasteiger partial charge in [-0.2, -0.15) is 5.26 Å². The summed E-state index contributed by atoms with van der Waals surface area (Å²) >= 11 is 0. The molecule has 0 aliphatic rings. The first-order valence-electron chi connectivity index (χ1n) is 6.23. The van der Waals surface area contributed by atoms with Gasteiger partial charge in [-0.15, -0.1) is 0 Å². The van der Waals surface area contributed by atoms with Gasteiger partial charge < -0.3 is 5.32 Å². The van der Waals surface area contributed by atoms with Crippen molar-refractivity contribution in [3.63, 3.8) is 0 Å². The molecule has 0 amide bonds. The second-order valence-corrected chi connectivity index (χ2v) is 4.52. The van der Waals surface area contributed by atoms with Crippen LogP contribution in [0.25, 0.3) is 5.69 Å². The molecule has 0 radical (unpaired) electrons. The van der Waals surface area contributed by atoms with Crippen LogP contribution in [-0.4, -0.2) is 9.36 Å². The third-order valence-corrected chi connectivity index (χ3v) is 3.16. The largest absolute Gasteiger partial charge is 0.353 e. The highest BCUT2D eigenvalue weighted by Crippen LogP contribution is 2.15. The van der Waals surface area contributed by atoms with Gasteiger partial charge in [0.05, 0.1) is 17.5 Å². The fraction of sp³-hybridized carbons (Fsp3) is 0.200. The van der Waals surface area contributed by atoms with Gasteiger partial charge in [0.1, 0.15) is 5.69 Å². The highest BCUT2D eigenvalue weighted by atomic mass is 16.1. The van der Waals surface area contributed by atoms with Gasteiger partial charge in [0.2, 0.25) is 0 Å². The zero-order valence-corrected chi connectivity index (χ0v) is 11.7. The van der Waals surface area contributed by atoms with Gasteiger partial charge in [0, 0.05) is 18.8 Å². The van der Waals surface area contributed by atoms with E-state index in [1.54, 1.807) is 16.3 Å². The number of nitrogens with zero attached hydrogens (tertiary/aromatic N) is 3. The van der Waals surface area contributed by atoms with Crippen molar-refractivity contribution in [2.75, 3.05) is 5.32 Å². The van der Waals surface area contributed by atoms with Crippen LogP contribution in [0.1, 0.15) is 12.6 Å². The number of hydrogen-bond donors (Lipinski definition) is 1. The first kappa shape index (κ1) is 13.7. The molecule has 1 N–H and O–H groups in total. The average molecular weight is 268 g/mol. The number of nitrogens with one attached hydrogen (secondary N) is 1. The van der Waals surface area contributed by atoms with Crippen LogP contribution in [0.3, 0.4) is 0 Å². The van der Waals surface area contributed by atoms with Gasteiger partial charge in [0.25, 0.3) is 5.56 Å². The lowest BCUT2D eigenvalue weighted by Gasteiger charge is -2.07. The molecule has 0 spiro atoms. The van der Waals surface area contributed by atoms with Crippen LogP contribution in [0.15, 0.2) is 46.9 Å². The van der Waals surface area contributed by atoms with Gasteiger partial charge in [-0.3, -0.25) is 9.48 Å². The molecule has 5 heteroatoms. The molecule has 1 heterocycles. The zero-order chi connectivity index (χ0) is 14.7. The zero-order valence-electron chi connectivity index (χ0n) is 11.7. The first-order chi connectivity index (χ1) is 9.56. The summed E-state index contributed by atoms with van der Waals surface area (Å²) in [4.78, 5) is 12.5. The van der Waals surface area contributed by atoms with E-state index in [9.17, 15) is 4.79 Å². The van der Waals surface area contributed by atoms with Gasteiger partial charge in [-0.1, -0.05) is 18.2 Å². The SMILES string of the molecule is CC(=CC#N)Nc1c(C)n(C)n(-c2ccccc2)c1=O. The monoisotopic (exact) mass is 268 g/mol. The van der Waals surface area contributed by atoms with Crippen LogP contribution in [0.5, 0.6) is 0 Å². The summed E-state index contributed by atoms with van der Waals surface area (Å²) < 4.78 is 3.39. The molecule has 1 aromatic carbocycles. The lowest BCUT2D eigenvalue weighted by atomic mass is 10.3. The molecule has 0 aliphatic heterocycles. The Kier molecular flexibility index (Phi) is 3.76. The van der Waals surface area contributed by atoms with Crippen LogP contribution in [0.2, 0.25) is 0 Å². The molecule has 0 aliphatic carbocycles. The van der Waals surface area contributed by atoms with Crippen LogP contribution in [-0.2, 0) is 7.05 Å². The smallest absolute Gasteiger partial charge is 0.295 e. The lowest BCUT2D eigenvalue weighted by Crippen LogP contribution is -2.20. The molecule has 20 heavy (non-hydrogen) atoms. The highest BCUT2D eigenvalue weighted by molar-refractivity contribution is 5.53. The van der Waals surface area contributed by atoms with Gasteiger partial charge in [0.15, 0.2) is 0 Å². The number of allylic oxidation sites excluding steroid dienone is 2. The molecule has 0 saturated heterocycles.